The molecule has 0 N–H and O–H groups in total. The van der Waals surface area contributed by atoms with Crippen molar-refractivity contribution in [2.45, 2.75) is 0 Å². The Bertz CT molecular complexity index is 1190. The summed E-state index contributed by atoms with van der Waals surface area (Å²) in [6.07, 6.45) is 0. The molecule has 0 fully saturated rings. The zero-order chi connectivity index (χ0) is 25.3. The molecule has 0 saturated heterocycles. The predicted molar refractivity (Wildman–Crippen MR) is 160 cm³/mol. The lowest BCUT2D eigenvalue weighted by atomic mass is 10.4. The van der Waals surface area contributed by atoms with E-state index in [1.807, 2.05) is 42.5 Å². The number of benzene rings is 5. The summed E-state index contributed by atoms with van der Waals surface area (Å²) in [5.74, 6) is 0. The minimum Gasteiger partial charge on any atom is -0.407 e. The van der Waals surface area contributed by atoms with Crippen molar-refractivity contribution in [1.29, 1.82) is 0 Å². The zero-order valence-corrected chi connectivity index (χ0v) is 24.1. The van der Waals surface area contributed by atoms with Gasteiger partial charge in [0.1, 0.15) is 0 Å². The first-order valence-electron chi connectivity index (χ1n) is 12.5. The molecule has 5 aromatic rings. The molecular weight excluding hydrogens is 505 g/mol. The molecule has 0 amide bonds. The third kappa shape index (κ3) is 5.97. The first-order chi connectivity index (χ1) is 18.3. The highest BCUT2D eigenvalue weighted by Gasteiger charge is 2.48. The van der Waals surface area contributed by atoms with Crippen LogP contribution in [0.5, 0.6) is 0 Å². The maximum Gasteiger partial charge on any atom is 0.516 e. The number of hydrogen-bond acceptors (Lipinski definition) is 3. The standard InChI is InChI=1S/C31H30O3Si3/c1-32-37(31-25-15-6-16-26-31,33-35(27-17-7-2-8-18-27)28-19-9-3-10-20-28)34-36(29-21-11-4-12-22-29)30-23-13-5-14-24-30/h2-26,35-36H,1H3. The van der Waals surface area contributed by atoms with Crippen LogP contribution < -0.4 is 25.9 Å². The van der Waals surface area contributed by atoms with Gasteiger partial charge in [0.15, 0.2) is 0 Å². The second kappa shape index (κ2) is 12.2. The van der Waals surface area contributed by atoms with E-state index >= 15 is 0 Å². The van der Waals surface area contributed by atoms with Crippen LogP contribution in [0.3, 0.4) is 0 Å². The third-order valence-corrected chi connectivity index (χ3v) is 16.3. The number of hydrogen-bond donors (Lipinski definition) is 0. The van der Waals surface area contributed by atoms with Crippen LogP contribution in [-0.2, 0) is 12.7 Å². The first-order valence-corrected chi connectivity index (χ1v) is 17.4. The van der Waals surface area contributed by atoms with Crippen LogP contribution in [0, 0.1) is 0 Å². The smallest absolute Gasteiger partial charge is 0.407 e. The van der Waals surface area contributed by atoms with Gasteiger partial charge in [0, 0.05) is 12.3 Å². The van der Waals surface area contributed by atoms with Gasteiger partial charge in [0.05, 0.1) is 0 Å². The zero-order valence-electron chi connectivity index (χ0n) is 20.8. The Morgan fingerprint density at radius 1 is 0.405 bits per heavy atom. The Balaban J connectivity index is 1.64. The average Bonchev–Trinajstić information content (AvgIpc) is 3.00. The fourth-order valence-corrected chi connectivity index (χ4v) is 15.6. The molecule has 0 aliphatic heterocycles. The Labute approximate surface area is 223 Å². The average molecular weight is 535 g/mol. The molecule has 6 heteroatoms. The van der Waals surface area contributed by atoms with Gasteiger partial charge in [0.2, 0.25) is 18.1 Å². The first kappa shape index (κ1) is 25.3. The lowest BCUT2D eigenvalue weighted by Crippen LogP contribution is -2.67. The SMILES string of the molecule is CO[Si](O[SiH](c1ccccc1)c1ccccc1)(O[SiH](c1ccccc1)c1ccccc1)c1ccccc1. The molecule has 3 nitrogen and oxygen atoms in total. The molecule has 37 heavy (non-hydrogen) atoms. The minimum absolute atomic E-state index is 0.978. The topological polar surface area (TPSA) is 27.7 Å². The maximum atomic E-state index is 7.29. The van der Waals surface area contributed by atoms with Crippen molar-refractivity contribution in [2.75, 3.05) is 7.11 Å². The predicted octanol–water partition coefficient (Wildman–Crippen LogP) is 2.59. The molecule has 0 bridgehead atoms. The summed E-state index contributed by atoms with van der Waals surface area (Å²) in [5.41, 5.74) is 0. The van der Waals surface area contributed by atoms with Gasteiger partial charge < -0.3 is 12.7 Å². The van der Waals surface area contributed by atoms with Crippen molar-refractivity contribution < 1.29 is 12.7 Å². The van der Waals surface area contributed by atoms with E-state index < -0.39 is 26.9 Å². The van der Waals surface area contributed by atoms with Crippen LogP contribution in [0.1, 0.15) is 0 Å². The lowest BCUT2D eigenvalue weighted by Gasteiger charge is -2.36. The third-order valence-electron chi connectivity index (χ3n) is 6.35. The fourth-order valence-electron chi connectivity index (χ4n) is 4.50. The van der Waals surface area contributed by atoms with Gasteiger partial charge in [0.25, 0.3) is 0 Å². The molecule has 0 radical (unpaired) electrons. The molecule has 0 unspecified atom stereocenters. The summed E-state index contributed by atoms with van der Waals surface area (Å²) in [4.78, 5) is 0. The molecule has 0 aliphatic carbocycles. The molecule has 184 valence electrons. The molecular formula is C31H30O3Si3. The van der Waals surface area contributed by atoms with E-state index in [2.05, 4.69) is 109 Å². The van der Waals surface area contributed by atoms with Crippen LogP contribution in [0.25, 0.3) is 0 Å². The van der Waals surface area contributed by atoms with Crippen LogP contribution in [0.4, 0.5) is 0 Å². The van der Waals surface area contributed by atoms with E-state index in [0.717, 1.165) is 5.19 Å². The second-order valence-electron chi connectivity index (χ2n) is 8.76. The summed E-state index contributed by atoms with van der Waals surface area (Å²) in [6.45, 7) is 0. The summed E-state index contributed by atoms with van der Waals surface area (Å²) >= 11 is 0. The van der Waals surface area contributed by atoms with Crippen molar-refractivity contribution in [3.63, 3.8) is 0 Å². The van der Waals surface area contributed by atoms with Gasteiger partial charge in [-0.05, 0) is 20.7 Å². The maximum absolute atomic E-state index is 7.29. The molecule has 5 rings (SSSR count). The van der Waals surface area contributed by atoms with E-state index in [1.165, 1.54) is 20.7 Å². The largest absolute Gasteiger partial charge is 0.516 e. The van der Waals surface area contributed by atoms with Crippen LogP contribution in [0.2, 0.25) is 0 Å². The quantitative estimate of drug-likeness (QED) is 0.258. The fraction of sp³-hybridized carbons (Fsp3) is 0.0323. The number of rotatable bonds is 10. The van der Waals surface area contributed by atoms with E-state index in [1.54, 1.807) is 7.11 Å². The lowest BCUT2D eigenvalue weighted by molar-refractivity contribution is 0.229. The Hall–Kier alpha value is -3.37. The van der Waals surface area contributed by atoms with Crippen molar-refractivity contribution in [3.8, 4) is 0 Å². The highest BCUT2D eigenvalue weighted by atomic mass is 28.5. The van der Waals surface area contributed by atoms with Crippen molar-refractivity contribution in [2.24, 2.45) is 0 Å². The van der Waals surface area contributed by atoms with E-state index in [9.17, 15) is 0 Å². The van der Waals surface area contributed by atoms with Gasteiger partial charge in [-0.2, -0.15) is 0 Å². The minimum atomic E-state index is -3.38. The van der Waals surface area contributed by atoms with Crippen LogP contribution in [0.15, 0.2) is 152 Å². The van der Waals surface area contributed by atoms with Gasteiger partial charge in [-0.1, -0.05) is 152 Å². The highest BCUT2D eigenvalue weighted by molar-refractivity contribution is 6.95. The highest BCUT2D eigenvalue weighted by Crippen LogP contribution is 2.15. The second-order valence-corrected chi connectivity index (χ2v) is 16.9. The molecule has 0 aromatic heterocycles. The molecule has 0 heterocycles. The monoisotopic (exact) mass is 534 g/mol. The van der Waals surface area contributed by atoms with E-state index in [-0.39, 0.29) is 0 Å². The van der Waals surface area contributed by atoms with Crippen molar-refractivity contribution in [3.05, 3.63) is 152 Å². The molecule has 0 saturated carbocycles. The van der Waals surface area contributed by atoms with Crippen molar-refractivity contribution >= 4 is 52.8 Å². The van der Waals surface area contributed by atoms with Gasteiger partial charge in [-0.15, -0.1) is 0 Å². The summed E-state index contributed by atoms with van der Waals surface area (Å²) in [5, 5.41) is 5.76. The molecule has 5 aromatic carbocycles. The summed E-state index contributed by atoms with van der Waals surface area (Å²) < 4.78 is 21.0. The van der Waals surface area contributed by atoms with Gasteiger partial charge >= 0.3 is 8.80 Å². The van der Waals surface area contributed by atoms with E-state index in [0.29, 0.717) is 0 Å². The van der Waals surface area contributed by atoms with E-state index in [4.69, 9.17) is 12.7 Å². The Morgan fingerprint density at radius 2 is 0.676 bits per heavy atom. The summed E-state index contributed by atoms with van der Waals surface area (Å²) in [7, 11) is -5.99. The normalized spacial score (nSPS) is 11.6. The van der Waals surface area contributed by atoms with Gasteiger partial charge in [-0.3, -0.25) is 0 Å². The summed E-state index contributed by atoms with van der Waals surface area (Å²) in [6, 6.07) is 52.3. The Kier molecular flexibility index (Phi) is 8.37. The molecule has 0 aliphatic rings. The Morgan fingerprint density at radius 3 is 0.946 bits per heavy atom. The van der Waals surface area contributed by atoms with Crippen LogP contribution in [-0.4, -0.2) is 34.0 Å². The van der Waals surface area contributed by atoms with Gasteiger partial charge in [-0.25, -0.2) is 0 Å². The molecule has 0 atom stereocenters. The molecule has 0 spiro atoms. The van der Waals surface area contributed by atoms with Crippen LogP contribution >= 0.6 is 0 Å². The van der Waals surface area contributed by atoms with Crippen molar-refractivity contribution in [1.82, 2.24) is 0 Å².